The van der Waals surface area contributed by atoms with E-state index in [0.717, 1.165) is 70.9 Å². The predicted octanol–water partition coefficient (Wildman–Crippen LogP) is 11.0. The van der Waals surface area contributed by atoms with Crippen molar-refractivity contribution >= 4 is 27.6 Å². The van der Waals surface area contributed by atoms with Crippen LogP contribution in [0, 0.1) is 37.2 Å². The van der Waals surface area contributed by atoms with Crippen molar-refractivity contribution in [2.75, 3.05) is 0 Å². The summed E-state index contributed by atoms with van der Waals surface area (Å²) >= 11 is 0. The fourth-order valence-electron chi connectivity index (χ4n) is 6.03. The smallest absolute Gasteiger partial charge is 0.162 e. The fraction of sp³-hybridized carbons (Fsp3) is 0.512. The molecule has 47 heavy (non-hydrogen) atoms. The average Bonchev–Trinajstić information content (AvgIpc) is 2.98. The molecule has 2 aromatic heterocycles. The second-order valence-corrected chi connectivity index (χ2v) is 14.9. The van der Waals surface area contributed by atoms with Crippen LogP contribution in [0.3, 0.4) is 0 Å². The molecule has 0 bridgehead atoms. The third-order valence-electron chi connectivity index (χ3n) is 8.89. The van der Waals surface area contributed by atoms with E-state index in [0.29, 0.717) is 0 Å². The molecule has 4 rings (SSSR count). The standard InChI is InChI=1S/C28H32N3.C13H24O2.Ir/c1-17-9-10-19-13-21(14-23(26(19)31-17)28(6,7)8)25-22-12-11-20(15-27(3,4)5)18(2)24(22)29-16-30-25;1-5-10(6-2)12(14)9-13(15)11(7-3)8-4;/h9-12,14,16H,15H2,1-8H3;9-11,14H,5-8H2,1-4H3;/q-1;;/b;12-9-;. The summed E-state index contributed by atoms with van der Waals surface area (Å²) < 4.78 is 0. The van der Waals surface area contributed by atoms with Gasteiger partial charge in [-0.3, -0.25) is 14.8 Å². The van der Waals surface area contributed by atoms with Crippen LogP contribution in [0.2, 0.25) is 0 Å². The Morgan fingerprint density at radius 2 is 1.49 bits per heavy atom. The first-order chi connectivity index (χ1) is 21.5. The Morgan fingerprint density at radius 1 is 0.872 bits per heavy atom. The molecular formula is C41H56IrN3O2-. The van der Waals surface area contributed by atoms with E-state index in [1.165, 1.54) is 22.8 Å². The fourth-order valence-corrected chi connectivity index (χ4v) is 6.03. The van der Waals surface area contributed by atoms with Crippen LogP contribution in [0.15, 0.2) is 48.5 Å². The number of carbonyl (C=O) groups excluding carboxylic acids is 1. The van der Waals surface area contributed by atoms with E-state index in [4.69, 9.17) is 9.97 Å². The van der Waals surface area contributed by atoms with Crippen molar-refractivity contribution in [1.82, 2.24) is 15.0 Å². The maximum Gasteiger partial charge on any atom is 0.162 e. The van der Waals surface area contributed by atoms with Gasteiger partial charge in [-0.15, -0.1) is 18.2 Å². The summed E-state index contributed by atoms with van der Waals surface area (Å²) in [6, 6.07) is 14.4. The summed E-state index contributed by atoms with van der Waals surface area (Å²) in [5.41, 5.74) is 9.00. The number of benzene rings is 2. The second-order valence-electron chi connectivity index (χ2n) is 14.9. The van der Waals surface area contributed by atoms with Gasteiger partial charge in [-0.25, -0.2) is 4.98 Å². The topological polar surface area (TPSA) is 76.0 Å². The number of aliphatic hydroxyl groups is 1. The Labute approximate surface area is 297 Å². The molecule has 0 aliphatic heterocycles. The summed E-state index contributed by atoms with van der Waals surface area (Å²) in [7, 11) is 0. The van der Waals surface area contributed by atoms with Crippen LogP contribution >= 0.6 is 0 Å². The summed E-state index contributed by atoms with van der Waals surface area (Å²) in [4.78, 5) is 25.9. The minimum absolute atomic E-state index is 0. The van der Waals surface area contributed by atoms with E-state index in [1.54, 1.807) is 6.33 Å². The zero-order valence-electron chi connectivity index (χ0n) is 30.8. The number of pyridine rings is 1. The molecule has 0 saturated carbocycles. The third-order valence-corrected chi connectivity index (χ3v) is 8.89. The van der Waals surface area contributed by atoms with E-state index in [1.807, 2.05) is 34.6 Å². The van der Waals surface area contributed by atoms with Crippen molar-refractivity contribution in [2.24, 2.45) is 17.3 Å². The van der Waals surface area contributed by atoms with Gasteiger partial charge in [-0.2, -0.15) is 0 Å². The predicted molar refractivity (Wildman–Crippen MR) is 194 cm³/mol. The number of hydrogen-bond acceptors (Lipinski definition) is 5. The van der Waals surface area contributed by atoms with E-state index < -0.39 is 0 Å². The number of hydrogen-bond donors (Lipinski definition) is 1. The molecule has 0 aliphatic carbocycles. The molecule has 0 unspecified atom stereocenters. The molecule has 0 spiro atoms. The zero-order chi connectivity index (χ0) is 34.4. The van der Waals surface area contributed by atoms with Crippen molar-refractivity contribution < 1.29 is 30.0 Å². The van der Waals surface area contributed by atoms with Gasteiger partial charge < -0.3 is 5.11 Å². The number of ketones is 1. The molecule has 257 valence electrons. The molecule has 5 nitrogen and oxygen atoms in total. The minimum Gasteiger partial charge on any atom is -0.512 e. The normalized spacial score (nSPS) is 12.3. The van der Waals surface area contributed by atoms with Crippen LogP contribution in [-0.2, 0) is 36.7 Å². The number of nitrogens with zero attached hydrogens (tertiary/aromatic N) is 3. The zero-order valence-corrected chi connectivity index (χ0v) is 33.2. The molecule has 2 aromatic carbocycles. The monoisotopic (exact) mass is 815 g/mol. The number of rotatable bonds is 9. The maximum absolute atomic E-state index is 11.7. The third kappa shape index (κ3) is 10.3. The van der Waals surface area contributed by atoms with Gasteiger partial charge in [0.1, 0.15) is 6.33 Å². The summed E-state index contributed by atoms with van der Waals surface area (Å²) in [6.45, 7) is 25.8. The molecule has 4 aromatic rings. The van der Waals surface area contributed by atoms with Gasteiger partial charge in [0.05, 0.1) is 11.3 Å². The first-order valence-corrected chi connectivity index (χ1v) is 17.1. The van der Waals surface area contributed by atoms with Gasteiger partial charge in [-0.05, 0) is 73.3 Å². The Hall–Kier alpha value is -2.95. The Kier molecular flexibility index (Phi) is 14.5. The summed E-state index contributed by atoms with van der Waals surface area (Å²) in [5, 5.41) is 11.9. The van der Waals surface area contributed by atoms with Crippen molar-refractivity contribution in [3.8, 4) is 11.3 Å². The van der Waals surface area contributed by atoms with E-state index in [2.05, 4.69) is 89.8 Å². The number of aliphatic hydroxyl groups excluding tert-OH is 1. The van der Waals surface area contributed by atoms with Crippen LogP contribution < -0.4 is 0 Å². The van der Waals surface area contributed by atoms with Crippen LogP contribution in [0.1, 0.15) is 117 Å². The molecule has 1 N–H and O–H groups in total. The minimum atomic E-state index is -0.0402. The van der Waals surface area contributed by atoms with Gasteiger partial charge in [0.2, 0.25) is 0 Å². The summed E-state index contributed by atoms with van der Waals surface area (Å²) in [6.07, 6.45) is 7.62. The van der Waals surface area contributed by atoms with Gasteiger partial charge >= 0.3 is 0 Å². The molecule has 0 atom stereocenters. The maximum atomic E-state index is 11.7. The van der Waals surface area contributed by atoms with Crippen LogP contribution in [0.5, 0.6) is 0 Å². The van der Waals surface area contributed by atoms with E-state index in [-0.39, 0.29) is 54.3 Å². The van der Waals surface area contributed by atoms with E-state index >= 15 is 0 Å². The van der Waals surface area contributed by atoms with Crippen molar-refractivity contribution in [1.29, 1.82) is 0 Å². The van der Waals surface area contributed by atoms with Crippen molar-refractivity contribution in [3.05, 3.63) is 76.9 Å². The molecule has 0 fully saturated rings. The molecular weight excluding hydrogens is 759 g/mol. The number of fused-ring (bicyclic) bond motifs is 2. The number of aromatic nitrogens is 3. The molecule has 0 aliphatic rings. The Balaban J connectivity index is 0.000000410. The van der Waals surface area contributed by atoms with Crippen molar-refractivity contribution in [2.45, 2.75) is 121 Å². The van der Waals surface area contributed by atoms with Gasteiger partial charge in [0, 0.05) is 54.9 Å². The number of carbonyl (C=O) groups is 1. The van der Waals surface area contributed by atoms with Crippen LogP contribution in [-0.4, -0.2) is 25.8 Å². The van der Waals surface area contributed by atoms with Crippen LogP contribution in [0.4, 0.5) is 0 Å². The first kappa shape index (κ1) is 40.2. The quantitative estimate of drug-likeness (QED) is 0.103. The molecule has 6 heteroatoms. The summed E-state index contributed by atoms with van der Waals surface area (Å²) in [5.74, 6) is 0.547. The van der Waals surface area contributed by atoms with Gasteiger partial charge in [0.15, 0.2) is 5.78 Å². The molecule has 1 radical (unpaired) electrons. The second kappa shape index (κ2) is 16.9. The number of allylic oxidation sites excluding steroid dienone is 2. The van der Waals surface area contributed by atoms with Gasteiger partial charge in [-0.1, -0.05) is 104 Å². The molecule has 0 amide bonds. The SMILES string of the molecule is CCC(CC)C(=O)/C=C(\O)C(CC)CC.Cc1ccc2[c-]c(-c3ncnc4c(C)c(CC(C)(C)C)ccc34)cc(C(C)(C)C)c2n1.[Ir]. The number of aryl methyl sites for hydroxylation is 2. The van der Waals surface area contributed by atoms with Crippen molar-refractivity contribution in [3.63, 3.8) is 0 Å². The average molecular weight is 815 g/mol. The van der Waals surface area contributed by atoms with Crippen LogP contribution in [0.25, 0.3) is 33.1 Å². The van der Waals surface area contributed by atoms with Gasteiger partial charge in [0.25, 0.3) is 0 Å². The molecule has 0 saturated heterocycles. The largest absolute Gasteiger partial charge is 0.512 e. The molecule has 2 heterocycles. The van der Waals surface area contributed by atoms with E-state index in [9.17, 15) is 9.90 Å². The Bertz CT molecular complexity index is 1690. The first-order valence-electron chi connectivity index (χ1n) is 17.1. The Morgan fingerprint density at radius 3 is 2.04 bits per heavy atom.